The van der Waals surface area contributed by atoms with E-state index in [0.717, 1.165) is 48.7 Å². The van der Waals surface area contributed by atoms with Crippen molar-refractivity contribution in [2.75, 3.05) is 0 Å². The van der Waals surface area contributed by atoms with Gasteiger partial charge in [0.1, 0.15) is 11.6 Å². The van der Waals surface area contributed by atoms with Crippen molar-refractivity contribution in [2.24, 2.45) is 21.8 Å². The van der Waals surface area contributed by atoms with E-state index >= 15 is 0 Å². The lowest BCUT2D eigenvalue weighted by atomic mass is 9.83. The number of aromatic nitrogens is 4. The molecule has 0 atom stereocenters. The van der Waals surface area contributed by atoms with Crippen LogP contribution in [0.15, 0.2) is 120 Å². The number of rotatable bonds is 8. The average Bonchev–Trinajstić information content (AvgIpc) is 4.10. The third-order valence-electron chi connectivity index (χ3n) is 12.5. The minimum absolute atomic E-state index is 0.398. The number of imidazole rings is 2. The number of hydrogen-bond acceptors (Lipinski definition) is 4. The molecule has 0 saturated carbocycles. The van der Waals surface area contributed by atoms with Gasteiger partial charge in [0.05, 0.1) is 23.8 Å². The van der Waals surface area contributed by atoms with E-state index in [-0.39, 0.29) is 0 Å². The highest BCUT2D eigenvalue weighted by molar-refractivity contribution is 6.09. The van der Waals surface area contributed by atoms with E-state index in [2.05, 4.69) is 176 Å². The van der Waals surface area contributed by atoms with Crippen LogP contribution in [0.1, 0.15) is 114 Å². The smallest absolute Gasteiger partial charge is 0.109 e. The van der Waals surface area contributed by atoms with Crippen LogP contribution < -0.4 is 0 Å². The number of allylic oxidation sites excluding steroid dienone is 2. The first kappa shape index (κ1) is 39.3. The Hall–Kier alpha value is -6.14. The van der Waals surface area contributed by atoms with E-state index in [1.165, 1.54) is 88.6 Å². The zero-order chi connectivity index (χ0) is 41.7. The molecule has 0 amide bonds. The summed E-state index contributed by atoms with van der Waals surface area (Å²) in [5.74, 6) is 3.91. The molecule has 0 unspecified atom stereocenters. The monoisotopic (exact) mass is 788 g/mol. The lowest BCUT2D eigenvalue weighted by Crippen LogP contribution is -2.06. The highest BCUT2D eigenvalue weighted by Crippen LogP contribution is 2.39. The molecule has 10 rings (SSSR count). The summed E-state index contributed by atoms with van der Waals surface area (Å²) in [7, 11) is 0. The minimum Gasteiger partial charge on any atom is -0.342 e. The zero-order valence-corrected chi connectivity index (χ0v) is 36.3. The second-order valence-electron chi connectivity index (χ2n) is 18.1. The summed E-state index contributed by atoms with van der Waals surface area (Å²) in [6.45, 7) is 17.5. The number of aryl methyl sites for hydroxylation is 2. The van der Waals surface area contributed by atoms with E-state index in [0.29, 0.717) is 23.7 Å². The van der Waals surface area contributed by atoms with Crippen LogP contribution in [0.4, 0.5) is 0 Å². The molecule has 7 aromatic rings. The summed E-state index contributed by atoms with van der Waals surface area (Å²) in [6, 6.07) is 31.8. The predicted molar refractivity (Wildman–Crippen MR) is 254 cm³/mol. The molecule has 0 saturated heterocycles. The van der Waals surface area contributed by atoms with Crippen molar-refractivity contribution < 1.29 is 0 Å². The summed E-state index contributed by atoms with van der Waals surface area (Å²) in [4.78, 5) is 25.2. The van der Waals surface area contributed by atoms with Gasteiger partial charge in [-0.15, -0.1) is 0 Å². The van der Waals surface area contributed by atoms with E-state index in [9.17, 15) is 0 Å². The highest BCUT2D eigenvalue weighted by Gasteiger charge is 2.21. The maximum atomic E-state index is 4.64. The van der Waals surface area contributed by atoms with Gasteiger partial charge in [0.15, 0.2) is 0 Å². The molecule has 2 N–H and O–H groups in total. The van der Waals surface area contributed by atoms with Crippen LogP contribution in [0, 0.1) is 11.8 Å². The van der Waals surface area contributed by atoms with Gasteiger partial charge >= 0.3 is 0 Å². The average molecular weight is 789 g/mol. The predicted octanol–water partition coefficient (Wildman–Crippen LogP) is 14.2. The van der Waals surface area contributed by atoms with Crippen LogP contribution >= 0.6 is 0 Å². The molecule has 5 aromatic carbocycles. The molecule has 0 spiro atoms. The molecule has 2 aromatic heterocycles. The molecule has 6 heteroatoms. The number of aliphatic imine (C=N–C) groups is 2. The van der Waals surface area contributed by atoms with Crippen LogP contribution in [0.2, 0.25) is 0 Å². The number of H-pyrrole nitrogens is 2. The molecule has 2 aliphatic heterocycles. The van der Waals surface area contributed by atoms with Gasteiger partial charge in [-0.25, -0.2) is 9.97 Å². The van der Waals surface area contributed by atoms with Gasteiger partial charge in [-0.2, -0.15) is 0 Å². The minimum atomic E-state index is 0.398. The Labute approximate surface area is 354 Å². The Balaban J connectivity index is 0.000000154. The third-order valence-corrected chi connectivity index (χ3v) is 12.5. The van der Waals surface area contributed by atoms with Crippen LogP contribution in [0.25, 0.3) is 66.3 Å². The first-order valence-electron chi connectivity index (χ1n) is 21.8. The maximum absolute atomic E-state index is 4.64. The SMILES string of the molecule is CC(C)C1=NC=C(c2ccc3c(c2)CCc2cc(-c4cnc(C(C)C)[nH]4)ccc2-3)C1.CC(C)C1=NC=C(c2ccc3c(ccc4cc(-c5cnc(C(C)C)[nH]5)ccc43)c2)C1. The number of fused-ring (bicyclic) bond motifs is 6. The van der Waals surface area contributed by atoms with Crippen LogP contribution in [0.5, 0.6) is 0 Å². The maximum Gasteiger partial charge on any atom is 0.109 e. The van der Waals surface area contributed by atoms with Gasteiger partial charge in [-0.05, 0) is 115 Å². The molecule has 4 heterocycles. The molecule has 0 radical (unpaired) electrons. The Morgan fingerprint density at radius 3 is 1.33 bits per heavy atom. The van der Waals surface area contributed by atoms with Crippen molar-refractivity contribution >= 4 is 44.1 Å². The van der Waals surface area contributed by atoms with Gasteiger partial charge in [0, 0.05) is 54.1 Å². The Morgan fingerprint density at radius 1 is 0.450 bits per heavy atom. The molecule has 302 valence electrons. The molecular formula is C54H56N6. The van der Waals surface area contributed by atoms with E-state index in [1.807, 2.05) is 18.6 Å². The van der Waals surface area contributed by atoms with Gasteiger partial charge in [-0.3, -0.25) is 9.98 Å². The summed E-state index contributed by atoms with van der Waals surface area (Å²) in [5.41, 5.74) is 18.0. The van der Waals surface area contributed by atoms with Crippen molar-refractivity contribution in [1.82, 2.24) is 19.9 Å². The van der Waals surface area contributed by atoms with Crippen molar-refractivity contribution in [3.05, 3.63) is 144 Å². The van der Waals surface area contributed by atoms with Crippen molar-refractivity contribution in [2.45, 2.75) is 92.9 Å². The molecule has 1 aliphatic carbocycles. The van der Waals surface area contributed by atoms with Gasteiger partial charge in [-0.1, -0.05) is 122 Å². The summed E-state index contributed by atoms with van der Waals surface area (Å²) in [5, 5.41) is 5.10. The number of benzene rings is 5. The number of nitrogens with one attached hydrogen (secondary N) is 2. The van der Waals surface area contributed by atoms with Crippen LogP contribution in [0.3, 0.4) is 0 Å². The number of nitrogens with zero attached hydrogens (tertiary/aromatic N) is 4. The Morgan fingerprint density at radius 2 is 0.867 bits per heavy atom. The molecule has 6 nitrogen and oxygen atoms in total. The van der Waals surface area contributed by atoms with Crippen LogP contribution in [-0.4, -0.2) is 31.4 Å². The van der Waals surface area contributed by atoms with Crippen LogP contribution in [-0.2, 0) is 12.8 Å². The number of hydrogen-bond donors (Lipinski definition) is 2. The van der Waals surface area contributed by atoms with Crippen molar-refractivity contribution in [1.29, 1.82) is 0 Å². The van der Waals surface area contributed by atoms with E-state index in [4.69, 9.17) is 0 Å². The fraction of sp³-hybridized carbons (Fsp3) is 0.296. The fourth-order valence-electron chi connectivity index (χ4n) is 8.71. The standard InChI is InChI=1S/C27H29N3.C27H27N3/c2*1-16(2)25-13-22(14-28-25)18-7-9-23-19(11-18)5-6-20-12-21(8-10-24(20)23)26-15-29-27(30-26)17(3)4/h7-12,14-17H,5-6,13H2,1-4H3,(H,29,30);5-12,14-17H,13H2,1-4H3,(H,29,30). The third kappa shape index (κ3) is 7.72. The van der Waals surface area contributed by atoms with Gasteiger partial charge in [0.2, 0.25) is 0 Å². The quantitative estimate of drug-likeness (QED) is 0.150. The second-order valence-corrected chi connectivity index (χ2v) is 18.1. The molecule has 3 aliphatic rings. The van der Waals surface area contributed by atoms with Gasteiger partial charge < -0.3 is 9.97 Å². The largest absolute Gasteiger partial charge is 0.342 e. The zero-order valence-electron chi connectivity index (χ0n) is 36.3. The topological polar surface area (TPSA) is 82.1 Å². The van der Waals surface area contributed by atoms with E-state index in [1.54, 1.807) is 0 Å². The fourth-order valence-corrected chi connectivity index (χ4v) is 8.71. The molecule has 60 heavy (non-hydrogen) atoms. The number of aromatic amines is 2. The summed E-state index contributed by atoms with van der Waals surface area (Å²) in [6.07, 6.45) is 12.1. The highest BCUT2D eigenvalue weighted by atomic mass is 14.9. The van der Waals surface area contributed by atoms with Crippen molar-refractivity contribution in [3.8, 4) is 33.6 Å². The van der Waals surface area contributed by atoms with Crippen molar-refractivity contribution in [3.63, 3.8) is 0 Å². The Kier molecular flexibility index (Phi) is 10.6. The first-order chi connectivity index (χ1) is 29.0. The Bertz CT molecular complexity index is 2890. The lowest BCUT2D eigenvalue weighted by molar-refractivity contribution is 0.795. The molecular weight excluding hydrogens is 733 g/mol. The summed E-state index contributed by atoms with van der Waals surface area (Å²) < 4.78 is 0. The summed E-state index contributed by atoms with van der Waals surface area (Å²) >= 11 is 0. The van der Waals surface area contributed by atoms with Gasteiger partial charge in [0.25, 0.3) is 0 Å². The molecule has 0 bridgehead atoms. The lowest BCUT2D eigenvalue weighted by Gasteiger charge is -2.21. The van der Waals surface area contributed by atoms with E-state index < -0.39 is 0 Å². The second kappa shape index (κ2) is 16.1. The first-order valence-corrected chi connectivity index (χ1v) is 21.8. The normalized spacial score (nSPS) is 14.7. The molecule has 0 fully saturated rings.